The molecule has 2 aromatic heterocycles. The van der Waals surface area contributed by atoms with Crippen LogP contribution in [0.15, 0.2) is 164 Å². The van der Waals surface area contributed by atoms with Crippen LogP contribution >= 0.6 is 0 Å². The molecule has 224 valence electrons. The lowest BCUT2D eigenvalue weighted by Gasteiger charge is -2.26. The minimum Gasteiger partial charge on any atom is -0.311 e. The highest BCUT2D eigenvalue weighted by Crippen LogP contribution is 2.43. The zero-order chi connectivity index (χ0) is 31.5. The topological polar surface area (TPSA) is 13.1 Å². The fraction of sp³-hybridized carbons (Fsp3) is 0.0455. The number of nitrogens with zero attached hydrogens (tertiary/aromatic N) is 3. The van der Waals surface area contributed by atoms with Gasteiger partial charge in [-0.05, 0) is 98.8 Å². The smallest absolute Gasteiger partial charge is 0.0548 e. The average molecular weight is 604 g/mol. The molecular formula is C44H33N3. The molecule has 0 aliphatic rings. The fourth-order valence-electron chi connectivity index (χ4n) is 7.24. The molecule has 0 unspecified atom stereocenters. The molecule has 0 amide bonds. The molecule has 0 N–H and O–H groups in total. The van der Waals surface area contributed by atoms with Gasteiger partial charge in [-0.2, -0.15) is 0 Å². The highest BCUT2D eigenvalue weighted by atomic mass is 15.1. The summed E-state index contributed by atoms with van der Waals surface area (Å²) in [6, 6.07) is 59.4. The molecule has 0 saturated carbocycles. The average Bonchev–Trinajstić information content (AvgIpc) is 3.64. The summed E-state index contributed by atoms with van der Waals surface area (Å²) in [6.45, 7) is 4.27. The van der Waals surface area contributed by atoms with E-state index >= 15 is 0 Å². The van der Waals surface area contributed by atoms with E-state index < -0.39 is 0 Å². The number of aromatic nitrogens is 2. The molecule has 0 atom stereocenters. The largest absolute Gasteiger partial charge is 0.311 e. The lowest BCUT2D eigenvalue weighted by atomic mass is 10.1. The minimum absolute atomic E-state index is 1.12. The highest BCUT2D eigenvalue weighted by Gasteiger charge is 2.20. The van der Waals surface area contributed by atoms with Gasteiger partial charge in [-0.15, -0.1) is 0 Å². The van der Waals surface area contributed by atoms with Gasteiger partial charge in [-0.25, -0.2) is 0 Å². The van der Waals surface area contributed by atoms with Crippen LogP contribution in [0.1, 0.15) is 11.1 Å². The van der Waals surface area contributed by atoms with Gasteiger partial charge in [0.25, 0.3) is 0 Å². The quantitative estimate of drug-likeness (QED) is 0.191. The van der Waals surface area contributed by atoms with Crippen LogP contribution in [0.2, 0.25) is 0 Å². The van der Waals surface area contributed by atoms with Crippen LogP contribution in [-0.2, 0) is 0 Å². The molecule has 0 radical (unpaired) electrons. The Hall–Kier alpha value is -6.06. The molecular weight excluding hydrogens is 571 g/mol. The van der Waals surface area contributed by atoms with Gasteiger partial charge in [-0.1, -0.05) is 90.0 Å². The summed E-state index contributed by atoms with van der Waals surface area (Å²) in [5.74, 6) is 0. The number of aryl methyl sites for hydroxylation is 2. The van der Waals surface area contributed by atoms with Crippen molar-refractivity contribution in [3.63, 3.8) is 0 Å². The summed E-state index contributed by atoms with van der Waals surface area (Å²) in [7, 11) is 0. The molecule has 3 heteroatoms. The van der Waals surface area contributed by atoms with E-state index in [1.807, 2.05) is 0 Å². The zero-order valence-corrected chi connectivity index (χ0v) is 26.4. The van der Waals surface area contributed by atoms with Gasteiger partial charge in [-0.3, -0.25) is 0 Å². The molecule has 7 aromatic carbocycles. The Bertz CT molecular complexity index is 2510. The molecule has 2 heterocycles. The first-order valence-corrected chi connectivity index (χ1v) is 16.2. The second-order valence-corrected chi connectivity index (χ2v) is 12.4. The van der Waals surface area contributed by atoms with Crippen LogP contribution in [0, 0.1) is 13.8 Å². The summed E-state index contributed by atoms with van der Waals surface area (Å²) in [5, 5.41) is 5.10. The van der Waals surface area contributed by atoms with Crippen LogP contribution in [0.25, 0.3) is 55.0 Å². The minimum atomic E-state index is 1.12. The van der Waals surface area contributed by atoms with E-state index in [-0.39, 0.29) is 0 Å². The predicted molar refractivity (Wildman–Crippen MR) is 199 cm³/mol. The predicted octanol–water partition coefficient (Wildman–Crippen LogP) is 12.0. The third-order valence-corrected chi connectivity index (χ3v) is 9.44. The van der Waals surface area contributed by atoms with Gasteiger partial charge in [0.15, 0.2) is 0 Å². The molecule has 3 nitrogen and oxygen atoms in total. The van der Waals surface area contributed by atoms with E-state index in [4.69, 9.17) is 0 Å². The summed E-state index contributed by atoms with van der Waals surface area (Å²) in [6.07, 6.45) is 0. The Kier molecular flexibility index (Phi) is 6.26. The van der Waals surface area contributed by atoms with Crippen molar-refractivity contribution < 1.29 is 0 Å². The van der Waals surface area contributed by atoms with Crippen molar-refractivity contribution >= 4 is 60.7 Å². The van der Waals surface area contributed by atoms with Gasteiger partial charge in [0.05, 0.1) is 22.1 Å². The molecule has 0 spiro atoms. The van der Waals surface area contributed by atoms with Crippen LogP contribution in [0.5, 0.6) is 0 Å². The van der Waals surface area contributed by atoms with Crippen molar-refractivity contribution in [2.24, 2.45) is 0 Å². The van der Waals surface area contributed by atoms with Crippen molar-refractivity contribution in [1.29, 1.82) is 0 Å². The number of rotatable bonds is 5. The summed E-state index contributed by atoms with van der Waals surface area (Å²) >= 11 is 0. The Morgan fingerprint density at radius 1 is 0.340 bits per heavy atom. The summed E-state index contributed by atoms with van der Waals surface area (Å²) in [5.41, 5.74) is 13.1. The molecule has 9 rings (SSSR count). The molecule has 0 aliphatic heterocycles. The van der Waals surface area contributed by atoms with Crippen LogP contribution in [0.3, 0.4) is 0 Å². The molecule has 0 bridgehead atoms. The van der Waals surface area contributed by atoms with Gasteiger partial charge in [0.2, 0.25) is 0 Å². The monoisotopic (exact) mass is 603 g/mol. The van der Waals surface area contributed by atoms with Crippen molar-refractivity contribution in [3.8, 4) is 11.4 Å². The SMILES string of the molecule is Cc1ccc(N(c2ccc(C)cc2)c2ccc(-n3c4ccccc4c4c5c6ccccc6n(-c6ccccc6)c5ccc43)cc2)cc1. The normalized spacial score (nSPS) is 11.6. The molecule has 0 aliphatic carbocycles. The Balaban J connectivity index is 1.26. The van der Waals surface area contributed by atoms with Crippen LogP contribution < -0.4 is 4.90 Å². The van der Waals surface area contributed by atoms with E-state index in [0.717, 1.165) is 22.7 Å². The number of benzene rings is 7. The maximum atomic E-state index is 2.42. The molecule has 0 saturated heterocycles. The van der Waals surface area contributed by atoms with E-state index in [1.54, 1.807) is 0 Å². The van der Waals surface area contributed by atoms with Gasteiger partial charge >= 0.3 is 0 Å². The van der Waals surface area contributed by atoms with Crippen molar-refractivity contribution in [2.45, 2.75) is 13.8 Å². The van der Waals surface area contributed by atoms with Crippen molar-refractivity contribution in [3.05, 3.63) is 175 Å². The second kappa shape index (κ2) is 10.8. The second-order valence-electron chi connectivity index (χ2n) is 12.4. The van der Waals surface area contributed by atoms with Crippen LogP contribution in [-0.4, -0.2) is 9.13 Å². The number of hydrogen-bond donors (Lipinski definition) is 0. The Morgan fingerprint density at radius 2 is 0.723 bits per heavy atom. The maximum absolute atomic E-state index is 2.42. The lowest BCUT2D eigenvalue weighted by molar-refractivity contribution is 1.17. The van der Waals surface area contributed by atoms with Crippen molar-refractivity contribution in [2.75, 3.05) is 4.90 Å². The fourth-order valence-corrected chi connectivity index (χ4v) is 7.24. The Labute approximate surface area is 274 Å². The standard InChI is InChI=1S/C44H33N3/c1-30-16-20-33(21-17-30)45(34-22-18-31(2)19-23-34)35-24-26-36(27-25-35)47-40-15-9-7-13-38(40)44-42(47)29-28-41-43(44)37-12-6-8-14-39(37)46(41)32-10-4-3-5-11-32/h3-29H,1-2H3. The summed E-state index contributed by atoms with van der Waals surface area (Å²) < 4.78 is 4.82. The van der Waals surface area contributed by atoms with E-state index in [0.29, 0.717) is 0 Å². The van der Waals surface area contributed by atoms with E-state index in [9.17, 15) is 0 Å². The van der Waals surface area contributed by atoms with Gasteiger partial charge < -0.3 is 14.0 Å². The third-order valence-electron chi connectivity index (χ3n) is 9.44. The molecule has 0 fully saturated rings. The number of hydrogen-bond acceptors (Lipinski definition) is 1. The van der Waals surface area contributed by atoms with Crippen molar-refractivity contribution in [1.82, 2.24) is 9.13 Å². The van der Waals surface area contributed by atoms with E-state index in [1.165, 1.54) is 60.4 Å². The Morgan fingerprint density at radius 3 is 1.19 bits per heavy atom. The van der Waals surface area contributed by atoms with Gasteiger partial charge in [0, 0.05) is 50.0 Å². The number of para-hydroxylation sites is 3. The molecule has 9 aromatic rings. The zero-order valence-electron chi connectivity index (χ0n) is 26.4. The number of fused-ring (bicyclic) bond motifs is 7. The van der Waals surface area contributed by atoms with Gasteiger partial charge in [0.1, 0.15) is 0 Å². The lowest BCUT2D eigenvalue weighted by Crippen LogP contribution is -2.10. The third kappa shape index (κ3) is 4.35. The van der Waals surface area contributed by atoms with Crippen LogP contribution in [0.4, 0.5) is 17.1 Å². The first-order chi connectivity index (χ1) is 23.2. The van der Waals surface area contributed by atoms with E-state index in [2.05, 4.69) is 192 Å². The first-order valence-electron chi connectivity index (χ1n) is 16.2. The summed E-state index contributed by atoms with van der Waals surface area (Å²) in [4.78, 5) is 2.33. The first kappa shape index (κ1) is 27.3. The molecule has 47 heavy (non-hydrogen) atoms. The maximum Gasteiger partial charge on any atom is 0.0548 e. The highest BCUT2D eigenvalue weighted by molar-refractivity contribution is 6.28. The number of anilines is 3.